The number of hydrogen-bond acceptors (Lipinski definition) is 6. The van der Waals surface area contributed by atoms with Crippen molar-refractivity contribution in [3.05, 3.63) is 63.3 Å². The van der Waals surface area contributed by atoms with Crippen LogP contribution in [0.2, 0.25) is 5.15 Å². The first-order chi connectivity index (χ1) is 13.8. The van der Waals surface area contributed by atoms with E-state index >= 15 is 0 Å². The second kappa shape index (κ2) is 8.40. The minimum Gasteiger partial charge on any atom is -0.449 e. The summed E-state index contributed by atoms with van der Waals surface area (Å²) in [6.45, 7) is 5.42. The predicted octanol–water partition coefficient (Wildman–Crippen LogP) is 2.96. The Hall–Kier alpha value is -3.26. The van der Waals surface area contributed by atoms with Gasteiger partial charge in [-0.3, -0.25) is 9.59 Å². The average Bonchev–Trinajstić information content (AvgIpc) is 2.70. The van der Waals surface area contributed by atoms with Crippen molar-refractivity contribution >= 4 is 40.2 Å². The average molecular weight is 415 g/mol. The highest BCUT2D eigenvalue weighted by Crippen LogP contribution is 2.19. The Morgan fingerprint density at radius 1 is 1.31 bits per heavy atom. The van der Waals surface area contributed by atoms with Crippen LogP contribution in [0.3, 0.4) is 0 Å². The topological polar surface area (TPSA) is 103 Å². The molecular formula is C20H19ClN4O4. The number of benzene rings is 1. The highest BCUT2D eigenvalue weighted by molar-refractivity contribution is 6.32. The summed E-state index contributed by atoms with van der Waals surface area (Å²) in [5, 5.41) is 2.70. The minimum atomic E-state index is -1.06. The molecular weight excluding hydrogens is 396 g/mol. The number of carbonyl (C=O) groups excluding carboxylic acids is 2. The smallest absolute Gasteiger partial charge is 0.338 e. The van der Waals surface area contributed by atoms with Crippen LogP contribution in [-0.4, -0.2) is 32.5 Å². The number of fused-ring (bicyclic) bond motifs is 1. The fourth-order valence-electron chi connectivity index (χ4n) is 2.81. The van der Waals surface area contributed by atoms with Crippen molar-refractivity contribution in [2.75, 3.05) is 5.32 Å². The maximum atomic E-state index is 12.5. The van der Waals surface area contributed by atoms with Gasteiger partial charge in [0.15, 0.2) is 11.3 Å². The Morgan fingerprint density at radius 3 is 2.76 bits per heavy atom. The summed E-state index contributed by atoms with van der Waals surface area (Å²) in [4.78, 5) is 45.1. The number of nitrogens with zero attached hydrogens (tertiary/aromatic N) is 3. The molecule has 1 aromatic carbocycles. The SMILES string of the molecule is CCn1c(=O)c(C)nc2cc(C(=O)O[C@H](C)C(=O)Nc3cccnc3Cl)ccc21. The first-order valence-corrected chi connectivity index (χ1v) is 9.33. The van der Waals surface area contributed by atoms with E-state index in [9.17, 15) is 14.4 Å². The summed E-state index contributed by atoms with van der Waals surface area (Å²) in [6, 6.07) is 7.93. The van der Waals surface area contributed by atoms with Crippen LogP contribution in [0, 0.1) is 6.92 Å². The second-order valence-corrected chi connectivity index (χ2v) is 6.69. The van der Waals surface area contributed by atoms with Crippen molar-refractivity contribution in [2.45, 2.75) is 33.4 Å². The van der Waals surface area contributed by atoms with Crippen LogP contribution in [0.1, 0.15) is 29.9 Å². The lowest BCUT2D eigenvalue weighted by molar-refractivity contribution is -0.123. The van der Waals surface area contributed by atoms with Gasteiger partial charge < -0.3 is 14.6 Å². The predicted molar refractivity (Wildman–Crippen MR) is 109 cm³/mol. The summed E-state index contributed by atoms with van der Waals surface area (Å²) in [6.07, 6.45) is 0.434. The van der Waals surface area contributed by atoms with Crippen molar-refractivity contribution in [3.8, 4) is 0 Å². The number of esters is 1. The number of aromatic nitrogens is 3. The molecule has 9 heteroatoms. The van der Waals surface area contributed by atoms with Crippen molar-refractivity contribution in [1.29, 1.82) is 0 Å². The molecule has 0 unspecified atom stereocenters. The van der Waals surface area contributed by atoms with Crippen molar-refractivity contribution in [3.63, 3.8) is 0 Å². The number of amides is 1. The maximum Gasteiger partial charge on any atom is 0.338 e. The summed E-state index contributed by atoms with van der Waals surface area (Å²) in [7, 11) is 0. The number of rotatable bonds is 5. The minimum absolute atomic E-state index is 0.136. The quantitative estimate of drug-likeness (QED) is 0.508. The zero-order valence-electron chi connectivity index (χ0n) is 16.1. The molecule has 0 aliphatic carbocycles. The first-order valence-electron chi connectivity index (χ1n) is 8.95. The molecule has 150 valence electrons. The van der Waals surface area contributed by atoms with Crippen molar-refractivity contribution in [1.82, 2.24) is 14.5 Å². The van der Waals surface area contributed by atoms with Crippen LogP contribution in [0.4, 0.5) is 5.69 Å². The molecule has 0 saturated carbocycles. The molecule has 2 heterocycles. The molecule has 8 nitrogen and oxygen atoms in total. The molecule has 2 aromatic heterocycles. The second-order valence-electron chi connectivity index (χ2n) is 6.33. The van der Waals surface area contributed by atoms with E-state index in [4.69, 9.17) is 16.3 Å². The van der Waals surface area contributed by atoms with Gasteiger partial charge in [-0.2, -0.15) is 0 Å². The number of pyridine rings is 1. The van der Waals surface area contributed by atoms with Crippen molar-refractivity contribution < 1.29 is 14.3 Å². The lowest BCUT2D eigenvalue weighted by atomic mass is 10.2. The third kappa shape index (κ3) is 4.27. The van der Waals surface area contributed by atoms with E-state index in [1.165, 1.54) is 19.2 Å². The van der Waals surface area contributed by atoms with E-state index in [2.05, 4.69) is 15.3 Å². The fourth-order valence-corrected chi connectivity index (χ4v) is 2.98. The van der Waals surface area contributed by atoms with Gasteiger partial charge in [0.2, 0.25) is 0 Å². The monoisotopic (exact) mass is 414 g/mol. The van der Waals surface area contributed by atoms with Crippen LogP contribution in [0.5, 0.6) is 0 Å². The molecule has 0 fully saturated rings. The summed E-state index contributed by atoms with van der Waals surface area (Å²) >= 11 is 5.91. The van der Waals surface area contributed by atoms with Crippen LogP contribution in [0.15, 0.2) is 41.3 Å². The Balaban J connectivity index is 1.79. The van der Waals surface area contributed by atoms with Crippen LogP contribution in [0.25, 0.3) is 11.0 Å². The van der Waals surface area contributed by atoms with E-state index < -0.39 is 18.0 Å². The molecule has 3 aromatic rings. The van der Waals surface area contributed by atoms with E-state index in [0.29, 0.717) is 29.0 Å². The number of nitrogens with one attached hydrogen (secondary N) is 1. The number of carbonyl (C=O) groups is 2. The fraction of sp³-hybridized carbons (Fsp3) is 0.250. The zero-order chi connectivity index (χ0) is 21.1. The standard InChI is InChI=1S/C20H19ClN4O4/c1-4-25-16-8-7-13(10-15(16)23-11(2)19(25)27)20(28)29-12(3)18(26)24-14-6-5-9-22-17(14)21/h5-10,12H,4H2,1-3H3,(H,24,26)/t12-/m1/s1. The van der Waals surface area contributed by atoms with Gasteiger partial charge in [-0.1, -0.05) is 11.6 Å². The number of aryl methyl sites for hydroxylation is 2. The Labute approximate surface area is 171 Å². The third-order valence-electron chi connectivity index (χ3n) is 4.33. The highest BCUT2D eigenvalue weighted by Gasteiger charge is 2.20. The maximum absolute atomic E-state index is 12.5. The lowest BCUT2D eigenvalue weighted by Crippen LogP contribution is -2.30. The van der Waals surface area contributed by atoms with E-state index in [0.717, 1.165) is 0 Å². The molecule has 0 bridgehead atoms. The summed E-state index contributed by atoms with van der Waals surface area (Å²) < 4.78 is 6.84. The van der Waals surface area contributed by atoms with Gasteiger partial charge in [-0.05, 0) is 51.1 Å². The largest absolute Gasteiger partial charge is 0.449 e. The Kier molecular flexibility index (Phi) is 5.93. The number of anilines is 1. The van der Waals surface area contributed by atoms with Crippen molar-refractivity contribution in [2.24, 2.45) is 0 Å². The number of hydrogen-bond donors (Lipinski definition) is 1. The first kappa shape index (κ1) is 20.5. The summed E-state index contributed by atoms with van der Waals surface area (Å²) in [5.41, 5.74) is 1.84. The van der Waals surface area contributed by atoms with Gasteiger partial charge in [0.05, 0.1) is 22.3 Å². The van der Waals surface area contributed by atoms with Gasteiger partial charge in [0.1, 0.15) is 5.69 Å². The van der Waals surface area contributed by atoms with Gasteiger partial charge in [0.25, 0.3) is 11.5 Å². The normalized spacial score (nSPS) is 11.9. The molecule has 0 spiro atoms. The number of ether oxygens (including phenoxy) is 1. The molecule has 1 atom stereocenters. The van der Waals surface area contributed by atoms with Crippen LogP contribution < -0.4 is 10.9 Å². The van der Waals surface area contributed by atoms with E-state index in [1.54, 1.807) is 35.8 Å². The molecule has 1 N–H and O–H groups in total. The molecule has 3 rings (SSSR count). The van der Waals surface area contributed by atoms with Gasteiger partial charge in [0, 0.05) is 12.7 Å². The molecule has 29 heavy (non-hydrogen) atoms. The molecule has 0 saturated heterocycles. The van der Waals surface area contributed by atoms with E-state index in [-0.39, 0.29) is 16.3 Å². The lowest BCUT2D eigenvalue weighted by Gasteiger charge is -2.14. The van der Waals surface area contributed by atoms with Crippen LogP contribution >= 0.6 is 11.6 Å². The van der Waals surface area contributed by atoms with Gasteiger partial charge >= 0.3 is 5.97 Å². The molecule has 1 amide bonds. The third-order valence-corrected chi connectivity index (χ3v) is 4.63. The Bertz CT molecular complexity index is 1160. The number of halogens is 1. The molecule has 0 radical (unpaired) electrons. The Morgan fingerprint density at radius 2 is 2.07 bits per heavy atom. The summed E-state index contributed by atoms with van der Waals surface area (Å²) in [5.74, 6) is -1.22. The van der Waals surface area contributed by atoms with Gasteiger partial charge in [-0.25, -0.2) is 14.8 Å². The molecule has 0 aliphatic rings. The molecule has 0 aliphatic heterocycles. The zero-order valence-corrected chi connectivity index (χ0v) is 16.9. The van der Waals surface area contributed by atoms with Crippen LogP contribution in [-0.2, 0) is 16.1 Å². The van der Waals surface area contributed by atoms with E-state index in [1.807, 2.05) is 6.92 Å². The highest BCUT2D eigenvalue weighted by atomic mass is 35.5. The van der Waals surface area contributed by atoms with Gasteiger partial charge in [-0.15, -0.1) is 0 Å².